The molecule has 26 heavy (non-hydrogen) atoms. The average molecular weight is 466 g/mol. The second-order valence-corrected chi connectivity index (χ2v) is 21.5. The standard InChI is InChI=1S/C13H12N5O4.3CH3.Sn/c19-11(20)6-18(7-12(21)22)5-9-2-1-3-10(4-9)13-16-14-8-15-17-13;;;;/h2-4,8H,5-7H2,(H,19,20)(H,21,22);3*1H3;. The summed E-state index contributed by atoms with van der Waals surface area (Å²) in [5, 5.41) is 33.5. The first kappa shape index (κ1) is 20.2. The zero-order valence-corrected chi connectivity index (χ0v) is 17.7. The first-order valence-corrected chi connectivity index (χ1v) is 17.9. The summed E-state index contributed by atoms with van der Waals surface area (Å²) in [4.78, 5) is 30.2. The van der Waals surface area contributed by atoms with E-state index in [0.717, 1.165) is 11.1 Å². The summed E-state index contributed by atoms with van der Waals surface area (Å²) < 4.78 is 1.20. The molecule has 9 nitrogen and oxygen atoms in total. The van der Waals surface area contributed by atoms with Gasteiger partial charge in [0.15, 0.2) is 0 Å². The van der Waals surface area contributed by atoms with Crippen molar-refractivity contribution in [2.75, 3.05) is 13.1 Å². The molecule has 10 heteroatoms. The van der Waals surface area contributed by atoms with E-state index >= 15 is 0 Å². The average Bonchev–Trinajstić information content (AvgIpc) is 2.53. The van der Waals surface area contributed by atoms with E-state index in [-0.39, 0.29) is 19.6 Å². The number of hydrogen-bond donors (Lipinski definition) is 2. The molecule has 2 N–H and O–H groups in total. The Hall–Kier alpha value is -2.14. The van der Waals surface area contributed by atoms with Crippen molar-refractivity contribution < 1.29 is 19.8 Å². The van der Waals surface area contributed by atoms with Crippen LogP contribution in [0, 0.1) is 0 Å². The fraction of sp³-hybridized carbons (Fsp3) is 0.375. The molecule has 0 saturated carbocycles. The maximum absolute atomic E-state index is 11.0. The molecule has 0 aliphatic carbocycles. The van der Waals surface area contributed by atoms with E-state index in [0.29, 0.717) is 5.82 Å². The first-order valence-electron chi connectivity index (χ1n) is 7.96. The van der Waals surface area contributed by atoms with Gasteiger partial charge in [0.25, 0.3) is 0 Å². The van der Waals surface area contributed by atoms with Gasteiger partial charge in [-0.1, -0.05) is 0 Å². The molecule has 138 valence electrons. The molecule has 0 spiro atoms. The molecule has 1 aromatic heterocycles. The molecule has 0 saturated heterocycles. The van der Waals surface area contributed by atoms with E-state index in [1.807, 2.05) is 18.2 Å². The number of carbonyl (C=O) groups is 2. The van der Waals surface area contributed by atoms with E-state index in [1.165, 1.54) is 14.8 Å². The van der Waals surface area contributed by atoms with E-state index in [9.17, 15) is 9.59 Å². The normalized spacial score (nSPS) is 11.5. The van der Waals surface area contributed by atoms with Gasteiger partial charge in [0.1, 0.15) is 0 Å². The number of rotatable bonds is 8. The number of carboxylic acids is 2. The second-order valence-electron chi connectivity index (χ2n) is 6.97. The molecule has 0 atom stereocenters. The van der Waals surface area contributed by atoms with Gasteiger partial charge < -0.3 is 0 Å². The number of hydrogen-bond acceptors (Lipinski definition) is 7. The summed E-state index contributed by atoms with van der Waals surface area (Å²) in [5.74, 6) is -1.76. The molecule has 2 aromatic rings. The van der Waals surface area contributed by atoms with Gasteiger partial charge in [0, 0.05) is 0 Å². The summed E-state index contributed by atoms with van der Waals surface area (Å²) in [7, 11) is 0. The summed E-state index contributed by atoms with van der Waals surface area (Å²) in [6.45, 7) is -0.500. The third-order valence-corrected chi connectivity index (χ3v) is 9.42. The summed E-state index contributed by atoms with van der Waals surface area (Å²) in [6.07, 6.45) is 1.25. The number of aliphatic carboxylic acids is 2. The van der Waals surface area contributed by atoms with Crippen molar-refractivity contribution in [2.24, 2.45) is 0 Å². The second kappa shape index (κ2) is 8.49. The quantitative estimate of drug-likeness (QED) is 0.533. The van der Waals surface area contributed by atoms with Crippen molar-refractivity contribution in [3.05, 3.63) is 30.1 Å². The topological polar surface area (TPSA) is 129 Å². The molecule has 0 amide bonds. The fourth-order valence-corrected chi connectivity index (χ4v) is 5.92. The van der Waals surface area contributed by atoms with E-state index in [1.54, 1.807) is 0 Å². The fourth-order valence-electron chi connectivity index (χ4n) is 2.47. The number of carboxylic acid groups (broad SMARTS) is 2. The molecule has 0 aliphatic heterocycles. The molecule has 1 aromatic carbocycles. The third kappa shape index (κ3) is 5.99. The minimum atomic E-state index is -2.47. The van der Waals surface area contributed by atoms with Gasteiger partial charge in [0.05, 0.1) is 0 Å². The summed E-state index contributed by atoms with van der Waals surface area (Å²) >= 11 is -2.47. The van der Waals surface area contributed by atoms with Crippen LogP contribution >= 0.6 is 0 Å². The van der Waals surface area contributed by atoms with Crippen LogP contribution in [0.3, 0.4) is 0 Å². The number of benzene rings is 1. The van der Waals surface area contributed by atoms with Crippen LogP contribution in [0.15, 0.2) is 24.5 Å². The van der Waals surface area contributed by atoms with Crippen molar-refractivity contribution in [3.63, 3.8) is 0 Å². The van der Waals surface area contributed by atoms with Crippen molar-refractivity contribution >= 4 is 33.9 Å². The zero-order chi connectivity index (χ0) is 19.3. The van der Waals surface area contributed by atoms with Crippen LogP contribution in [0.2, 0.25) is 14.8 Å². The van der Waals surface area contributed by atoms with Gasteiger partial charge in [-0.25, -0.2) is 0 Å². The Kier molecular flexibility index (Phi) is 6.59. The van der Waals surface area contributed by atoms with Gasteiger partial charge in [-0.2, -0.15) is 0 Å². The minimum absolute atomic E-state index is 0.203. The molecule has 0 bridgehead atoms. The molecule has 0 aliphatic rings. The number of aromatic nitrogens is 4. The van der Waals surface area contributed by atoms with E-state index < -0.39 is 30.3 Å². The van der Waals surface area contributed by atoms with Gasteiger partial charge in [-0.05, 0) is 0 Å². The van der Waals surface area contributed by atoms with Crippen LogP contribution in [0.5, 0.6) is 0 Å². The SMILES string of the molecule is [CH3][Sn]([CH3])([CH3])[c]1cc(CN(CC(=O)O)CC(=O)O)cc(-c2nncnn2)c1. The summed E-state index contributed by atoms with van der Waals surface area (Å²) in [6, 6.07) is 5.88. The van der Waals surface area contributed by atoms with Gasteiger partial charge in [-0.15, -0.1) is 0 Å². The summed E-state index contributed by atoms with van der Waals surface area (Å²) in [5.41, 5.74) is 1.56. The van der Waals surface area contributed by atoms with Crippen LogP contribution in [-0.4, -0.2) is 78.9 Å². The van der Waals surface area contributed by atoms with Crippen LogP contribution in [0.4, 0.5) is 0 Å². The molecule has 0 radical (unpaired) electrons. The maximum atomic E-state index is 11.0. The van der Waals surface area contributed by atoms with Crippen LogP contribution in [0.25, 0.3) is 11.4 Å². The van der Waals surface area contributed by atoms with Gasteiger partial charge in [-0.3, -0.25) is 0 Å². The Morgan fingerprint density at radius 3 is 2.08 bits per heavy atom. The Bertz CT molecular complexity index is 779. The Labute approximate surface area is 155 Å². The monoisotopic (exact) mass is 467 g/mol. The van der Waals surface area contributed by atoms with E-state index in [2.05, 4.69) is 35.2 Å². The Morgan fingerprint density at radius 2 is 1.58 bits per heavy atom. The molecular weight excluding hydrogens is 445 g/mol. The van der Waals surface area contributed by atoms with Crippen LogP contribution < -0.4 is 3.58 Å². The van der Waals surface area contributed by atoms with Gasteiger partial charge >= 0.3 is 155 Å². The predicted molar refractivity (Wildman–Crippen MR) is 96.6 cm³/mol. The zero-order valence-electron chi connectivity index (χ0n) is 14.9. The van der Waals surface area contributed by atoms with Crippen molar-refractivity contribution in [1.82, 2.24) is 25.3 Å². The Morgan fingerprint density at radius 1 is 1.00 bits per heavy atom. The van der Waals surface area contributed by atoms with Crippen molar-refractivity contribution in [3.8, 4) is 11.4 Å². The molecule has 0 fully saturated rings. The molecule has 0 unspecified atom stereocenters. The van der Waals surface area contributed by atoms with Crippen molar-refractivity contribution in [1.29, 1.82) is 0 Å². The van der Waals surface area contributed by atoms with Crippen LogP contribution in [0.1, 0.15) is 5.56 Å². The first-order chi connectivity index (χ1) is 12.1. The molecule has 1 heterocycles. The third-order valence-electron chi connectivity index (χ3n) is 3.65. The number of nitrogens with zero attached hydrogens (tertiary/aromatic N) is 5. The predicted octanol–water partition coefficient (Wildman–Crippen LogP) is 0.450. The van der Waals surface area contributed by atoms with Crippen molar-refractivity contribution in [2.45, 2.75) is 21.4 Å². The van der Waals surface area contributed by atoms with Gasteiger partial charge in [0.2, 0.25) is 0 Å². The van der Waals surface area contributed by atoms with E-state index in [4.69, 9.17) is 10.2 Å². The molecule has 2 rings (SSSR count). The Balaban J connectivity index is 2.42. The molecular formula is C16H21N5O4Sn. The van der Waals surface area contributed by atoms with Crippen LogP contribution in [-0.2, 0) is 16.1 Å².